The first-order valence-corrected chi connectivity index (χ1v) is 15.3. The van der Waals surface area contributed by atoms with E-state index in [0.29, 0.717) is 0 Å². The van der Waals surface area contributed by atoms with E-state index in [1.165, 1.54) is 72.8 Å². The van der Waals surface area contributed by atoms with Gasteiger partial charge in [-0.15, -0.1) is 0 Å². The van der Waals surface area contributed by atoms with Gasteiger partial charge in [-0.1, -0.05) is 72.8 Å². The van der Waals surface area contributed by atoms with Gasteiger partial charge in [-0.25, -0.2) is 16.8 Å². The maximum Gasteiger partial charge on any atom is 0.339 e. The van der Waals surface area contributed by atoms with Crippen LogP contribution in [0.25, 0.3) is 0 Å². The molecule has 3 aromatic rings. The van der Waals surface area contributed by atoms with Crippen molar-refractivity contribution in [2.75, 3.05) is 0 Å². The lowest BCUT2D eigenvalue weighted by Crippen LogP contribution is -2.23. The number of sulfone groups is 2. The average Bonchev–Trinajstić information content (AvgIpc) is 2.87. The SMILES string of the molecule is O=S(=O)(OC1=C[C@H](S(=O)(=O)c2ccccc2)C=C[C@H](S(=O)(=O)c2ccccc2)C=C1)c1ccccc1. The van der Waals surface area contributed by atoms with Gasteiger partial charge in [0.15, 0.2) is 19.7 Å². The summed E-state index contributed by atoms with van der Waals surface area (Å²) < 4.78 is 84.3. The van der Waals surface area contributed by atoms with E-state index in [0.717, 1.165) is 6.08 Å². The Labute approximate surface area is 211 Å². The third-order valence-corrected chi connectivity index (χ3v) is 10.5. The Hall–Kier alpha value is -3.47. The molecule has 36 heavy (non-hydrogen) atoms. The summed E-state index contributed by atoms with van der Waals surface area (Å²) in [6.45, 7) is 0. The van der Waals surface area contributed by atoms with Crippen molar-refractivity contribution in [2.24, 2.45) is 0 Å². The maximum absolute atomic E-state index is 13.4. The molecule has 0 saturated heterocycles. The quantitative estimate of drug-likeness (QED) is 0.327. The number of rotatable bonds is 7. The van der Waals surface area contributed by atoms with Crippen LogP contribution in [0, 0.1) is 0 Å². The van der Waals surface area contributed by atoms with Crippen molar-refractivity contribution >= 4 is 29.8 Å². The summed E-state index contributed by atoms with van der Waals surface area (Å²) >= 11 is 0. The Morgan fingerprint density at radius 1 is 0.500 bits per heavy atom. The van der Waals surface area contributed by atoms with E-state index < -0.39 is 40.3 Å². The highest BCUT2D eigenvalue weighted by Gasteiger charge is 2.30. The van der Waals surface area contributed by atoms with E-state index in [-0.39, 0.29) is 20.4 Å². The summed E-state index contributed by atoms with van der Waals surface area (Å²) in [7, 11) is -12.3. The first kappa shape index (κ1) is 25.6. The number of hydrogen-bond acceptors (Lipinski definition) is 7. The van der Waals surface area contributed by atoms with Gasteiger partial charge in [0.2, 0.25) is 0 Å². The summed E-state index contributed by atoms with van der Waals surface area (Å²) in [6, 6.07) is 22.6. The summed E-state index contributed by atoms with van der Waals surface area (Å²) in [5.74, 6) is -0.319. The molecule has 1 aliphatic rings. The van der Waals surface area contributed by atoms with Crippen molar-refractivity contribution < 1.29 is 29.4 Å². The van der Waals surface area contributed by atoms with Crippen molar-refractivity contribution in [1.82, 2.24) is 0 Å². The zero-order valence-corrected chi connectivity index (χ0v) is 21.2. The van der Waals surface area contributed by atoms with Crippen LogP contribution in [0.2, 0.25) is 0 Å². The van der Waals surface area contributed by atoms with Gasteiger partial charge in [-0.3, -0.25) is 0 Å². The second kappa shape index (κ2) is 10.3. The Kier molecular flexibility index (Phi) is 7.30. The third kappa shape index (κ3) is 5.51. The molecule has 0 radical (unpaired) electrons. The van der Waals surface area contributed by atoms with E-state index in [2.05, 4.69) is 0 Å². The molecule has 0 heterocycles. The largest absolute Gasteiger partial charge is 0.379 e. The van der Waals surface area contributed by atoms with E-state index in [4.69, 9.17) is 4.18 Å². The van der Waals surface area contributed by atoms with Crippen LogP contribution < -0.4 is 0 Å². The minimum absolute atomic E-state index is 0.00631. The van der Waals surface area contributed by atoms with Gasteiger partial charge in [0, 0.05) is 0 Å². The molecule has 0 N–H and O–H groups in total. The zero-order valence-electron chi connectivity index (χ0n) is 18.8. The fraction of sp³-hybridized carbons (Fsp3) is 0.0769. The van der Waals surface area contributed by atoms with Crippen molar-refractivity contribution in [3.05, 3.63) is 127 Å². The van der Waals surface area contributed by atoms with E-state index >= 15 is 0 Å². The van der Waals surface area contributed by atoms with E-state index in [1.54, 1.807) is 42.5 Å². The van der Waals surface area contributed by atoms with Crippen LogP contribution in [0.3, 0.4) is 0 Å². The topological polar surface area (TPSA) is 112 Å². The zero-order chi connectivity index (χ0) is 25.8. The van der Waals surface area contributed by atoms with Gasteiger partial charge in [-0.05, 0) is 48.6 Å². The molecule has 7 nitrogen and oxygen atoms in total. The number of hydrogen-bond donors (Lipinski definition) is 0. The first-order chi connectivity index (χ1) is 17.1. The molecular formula is C26H22O7S3. The fourth-order valence-electron chi connectivity index (χ4n) is 3.50. The van der Waals surface area contributed by atoms with Crippen LogP contribution >= 0.6 is 0 Å². The minimum atomic E-state index is -4.31. The molecule has 10 heteroatoms. The Bertz CT molecular complexity index is 1620. The minimum Gasteiger partial charge on any atom is -0.379 e. The van der Waals surface area contributed by atoms with Crippen molar-refractivity contribution in [1.29, 1.82) is 0 Å². The molecule has 0 amide bonds. The molecule has 2 atom stereocenters. The van der Waals surface area contributed by atoms with Gasteiger partial charge in [0.1, 0.15) is 21.2 Å². The molecular weight excluding hydrogens is 520 g/mol. The molecule has 0 spiro atoms. The Balaban J connectivity index is 1.81. The van der Waals surface area contributed by atoms with Gasteiger partial charge >= 0.3 is 10.1 Å². The van der Waals surface area contributed by atoms with Crippen molar-refractivity contribution in [3.8, 4) is 0 Å². The normalized spacial score (nSPS) is 18.6. The van der Waals surface area contributed by atoms with E-state index in [1.807, 2.05) is 0 Å². The molecule has 4 rings (SSSR count). The highest BCUT2D eigenvalue weighted by molar-refractivity contribution is 7.92. The monoisotopic (exact) mass is 542 g/mol. The van der Waals surface area contributed by atoms with Crippen molar-refractivity contribution in [2.45, 2.75) is 25.2 Å². The molecule has 0 aliphatic heterocycles. The lowest BCUT2D eigenvalue weighted by Gasteiger charge is -2.17. The third-order valence-electron chi connectivity index (χ3n) is 5.37. The molecule has 186 valence electrons. The van der Waals surface area contributed by atoms with Gasteiger partial charge in [0.05, 0.1) is 9.79 Å². The standard InChI is InChI=1S/C26H22O7S3/c27-34(28,22-10-4-1-5-11-22)24-17-16-21(33-36(31,32)25-14-8-3-9-15-25)20-26(19-18-24)35(29,30)23-12-6-2-7-13-23/h1-20,24,26H/t24-,26-/m1/s1. The summed E-state index contributed by atoms with van der Waals surface area (Å²) in [6.07, 6.45) is 6.08. The van der Waals surface area contributed by atoms with Crippen LogP contribution in [-0.2, 0) is 34.0 Å². The fourth-order valence-corrected chi connectivity index (χ4v) is 7.34. The average molecular weight is 543 g/mol. The molecule has 1 aliphatic carbocycles. The van der Waals surface area contributed by atoms with Crippen LogP contribution in [0.4, 0.5) is 0 Å². The van der Waals surface area contributed by atoms with Crippen LogP contribution in [0.1, 0.15) is 0 Å². The van der Waals surface area contributed by atoms with Crippen LogP contribution in [-0.4, -0.2) is 35.8 Å². The molecule has 0 aromatic heterocycles. The maximum atomic E-state index is 13.4. The summed E-state index contributed by atoms with van der Waals surface area (Å²) in [5.41, 5.74) is 0. The van der Waals surface area contributed by atoms with Gasteiger partial charge in [-0.2, -0.15) is 8.42 Å². The first-order valence-electron chi connectivity index (χ1n) is 10.8. The second-order valence-electron chi connectivity index (χ2n) is 7.81. The molecule has 0 saturated carbocycles. The van der Waals surface area contributed by atoms with Crippen molar-refractivity contribution in [3.63, 3.8) is 0 Å². The second-order valence-corrected chi connectivity index (χ2v) is 13.6. The highest BCUT2D eigenvalue weighted by atomic mass is 32.2. The Morgan fingerprint density at radius 2 is 0.917 bits per heavy atom. The van der Waals surface area contributed by atoms with Gasteiger partial charge in [0.25, 0.3) is 0 Å². The molecule has 3 aromatic carbocycles. The lowest BCUT2D eigenvalue weighted by atomic mass is 10.2. The number of allylic oxidation sites excluding steroid dienone is 1. The molecule has 0 fully saturated rings. The highest BCUT2D eigenvalue weighted by Crippen LogP contribution is 2.26. The molecule has 0 unspecified atom stereocenters. The predicted octanol–water partition coefficient (Wildman–Crippen LogP) is 4.09. The summed E-state index contributed by atoms with van der Waals surface area (Å²) in [5, 5.41) is -2.65. The molecule has 0 bridgehead atoms. The van der Waals surface area contributed by atoms with Gasteiger partial charge < -0.3 is 4.18 Å². The smallest absolute Gasteiger partial charge is 0.339 e. The van der Waals surface area contributed by atoms with Crippen LogP contribution in [0.5, 0.6) is 0 Å². The van der Waals surface area contributed by atoms with Crippen LogP contribution in [0.15, 0.2) is 142 Å². The Morgan fingerprint density at radius 3 is 1.42 bits per heavy atom. The predicted molar refractivity (Wildman–Crippen MR) is 136 cm³/mol. The van der Waals surface area contributed by atoms with E-state index in [9.17, 15) is 25.3 Å². The summed E-state index contributed by atoms with van der Waals surface area (Å²) in [4.78, 5) is -0.100. The number of benzene rings is 3. The lowest BCUT2D eigenvalue weighted by molar-refractivity contribution is 0.418.